The Kier molecular flexibility index (Phi) is 5.51. The molecular formula is C19H15ClN2OS. The van der Waals surface area contributed by atoms with E-state index in [0.717, 1.165) is 10.8 Å². The van der Waals surface area contributed by atoms with Gasteiger partial charge in [0.25, 0.3) is 5.91 Å². The molecular weight excluding hydrogens is 340 g/mol. The summed E-state index contributed by atoms with van der Waals surface area (Å²) in [6.45, 7) is 0. The lowest BCUT2D eigenvalue weighted by Gasteiger charge is -2.07. The number of amides is 1. The van der Waals surface area contributed by atoms with E-state index in [0.29, 0.717) is 16.4 Å². The van der Waals surface area contributed by atoms with Gasteiger partial charge in [0.15, 0.2) is 0 Å². The van der Waals surface area contributed by atoms with E-state index >= 15 is 0 Å². The largest absolute Gasteiger partial charge is 0.306 e. The van der Waals surface area contributed by atoms with Crippen LogP contribution in [-0.4, -0.2) is 10.9 Å². The number of carbonyl (C=O) groups excluding carboxylic acids is 1. The van der Waals surface area contributed by atoms with Crippen molar-refractivity contribution in [3.8, 4) is 0 Å². The fourth-order valence-corrected chi connectivity index (χ4v) is 3.19. The molecule has 0 unspecified atom stereocenters. The highest BCUT2D eigenvalue weighted by Crippen LogP contribution is 2.22. The third kappa shape index (κ3) is 4.37. The van der Waals surface area contributed by atoms with Gasteiger partial charge in [-0.3, -0.25) is 4.79 Å². The Morgan fingerprint density at radius 1 is 0.958 bits per heavy atom. The summed E-state index contributed by atoms with van der Waals surface area (Å²) < 4.78 is 0. The van der Waals surface area contributed by atoms with E-state index in [-0.39, 0.29) is 5.91 Å². The van der Waals surface area contributed by atoms with Crippen LogP contribution in [0.25, 0.3) is 0 Å². The number of pyridine rings is 1. The van der Waals surface area contributed by atoms with Crippen molar-refractivity contribution >= 4 is 35.1 Å². The van der Waals surface area contributed by atoms with Gasteiger partial charge in [-0.15, -0.1) is 11.8 Å². The summed E-state index contributed by atoms with van der Waals surface area (Å²) in [5, 5.41) is 4.07. The summed E-state index contributed by atoms with van der Waals surface area (Å²) in [5.41, 5.74) is 1.66. The second-order valence-electron chi connectivity index (χ2n) is 5.07. The molecule has 120 valence electrons. The molecule has 0 fully saturated rings. The topological polar surface area (TPSA) is 42.0 Å². The van der Waals surface area contributed by atoms with Crippen LogP contribution in [0.2, 0.25) is 5.02 Å². The molecule has 0 saturated heterocycles. The number of carbonyl (C=O) groups is 1. The molecule has 1 N–H and O–H groups in total. The quantitative estimate of drug-likeness (QED) is 0.634. The molecule has 2 aromatic carbocycles. The molecule has 3 nitrogen and oxygen atoms in total. The van der Waals surface area contributed by atoms with Crippen molar-refractivity contribution < 1.29 is 4.79 Å². The number of benzene rings is 2. The number of hydrogen-bond acceptors (Lipinski definition) is 3. The summed E-state index contributed by atoms with van der Waals surface area (Å²) in [7, 11) is 0. The standard InChI is InChI=1S/C19H15ClN2OS/c20-16-10-5-4-9-15(16)19(23)22-17-11-6-12-18(21-17)24-13-14-7-2-1-3-8-14/h1-12H,13H2,(H,21,22,23). The Bertz CT molecular complexity index is 840. The second-order valence-corrected chi connectivity index (χ2v) is 6.47. The van der Waals surface area contributed by atoms with Crippen LogP contribution in [0.5, 0.6) is 0 Å². The zero-order valence-electron chi connectivity index (χ0n) is 12.8. The molecule has 0 atom stereocenters. The van der Waals surface area contributed by atoms with Gasteiger partial charge >= 0.3 is 0 Å². The van der Waals surface area contributed by atoms with E-state index in [1.165, 1.54) is 5.56 Å². The minimum atomic E-state index is -0.265. The predicted molar refractivity (Wildman–Crippen MR) is 99.6 cm³/mol. The monoisotopic (exact) mass is 354 g/mol. The van der Waals surface area contributed by atoms with Crippen LogP contribution in [0.1, 0.15) is 15.9 Å². The summed E-state index contributed by atoms with van der Waals surface area (Å²) in [4.78, 5) is 16.8. The van der Waals surface area contributed by atoms with Crippen molar-refractivity contribution in [2.45, 2.75) is 10.8 Å². The molecule has 0 aliphatic heterocycles. The normalized spacial score (nSPS) is 10.4. The number of rotatable bonds is 5. The third-order valence-electron chi connectivity index (χ3n) is 3.31. The van der Waals surface area contributed by atoms with E-state index in [4.69, 9.17) is 11.6 Å². The molecule has 0 aliphatic rings. The second kappa shape index (κ2) is 7.99. The molecule has 0 saturated carbocycles. The van der Waals surface area contributed by atoms with Gasteiger partial charge < -0.3 is 5.32 Å². The number of nitrogens with zero attached hydrogens (tertiary/aromatic N) is 1. The first-order valence-electron chi connectivity index (χ1n) is 7.42. The highest BCUT2D eigenvalue weighted by atomic mass is 35.5. The number of halogens is 1. The maximum Gasteiger partial charge on any atom is 0.258 e. The highest BCUT2D eigenvalue weighted by molar-refractivity contribution is 7.98. The maximum atomic E-state index is 12.3. The smallest absolute Gasteiger partial charge is 0.258 e. The molecule has 0 aliphatic carbocycles. The van der Waals surface area contributed by atoms with E-state index in [1.807, 2.05) is 30.3 Å². The van der Waals surface area contributed by atoms with Gasteiger partial charge in [-0.2, -0.15) is 0 Å². The number of aromatic nitrogens is 1. The van der Waals surface area contributed by atoms with Gasteiger partial charge in [-0.05, 0) is 29.8 Å². The maximum absolute atomic E-state index is 12.3. The average molecular weight is 355 g/mol. The van der Waals surface area contributed by atoms with Crippen LogP contribution in [0.15, 0.2) is 77.8 Å². The van der Waals surface area contributed by atoms with Crippen molar-refractivity contribution in [2.24, 2.45) is 0 Å². The Morgan fingerprint density at radius 3 is 2.50 bits per heavy atom. The van der Waals surface area contributed by atoms with Crippen LogP contribution in [0.3, 0.4) is 0 Å². The minimum absolute atomic E-state index is 0.265. The fraction of sp³-hybridized carbons (Fsp3) is 0.0526. The molecule has 5 heteroatoms. The van der Waals surface area contributed by atoms with Crippen molar-refractivity contribution in [1.82, 2.24) is 4.98 Å². The molecule has 0 radical (unpaired) electrons. The first-order valence-corrected chi connectivity index (χ1v) is 8.78. The van der Waals surface area contributed by atoms with Gasteiger partial charge in [0.05, 0.1) is 15.6 Å². The molecule has 1 heterocycles. The molecule has 1 amide bonds. The van der Waals surface area contributed by atoms with E-state index in [1.54, 1.807) is 42.1 Å². The van der Waals surface area contributed by atoms with Gasteiger partial charge in [0.1, 0.15) is 5.82 Å². The lowest BCUT2D eigenvalue weighted by molar-refractivity contribution is 0.102. The Balaban J connectivity index is 1.67. The van der Waals surface area contributed by atoms with E-state index in [2.05, 4.69) is 22.4 Å². The SMILES string of the molecule is O=C(Nc1cccc(SCc2ccccc2)n1)c1ccccc1Cl. The molecule has 1 aromatic heterocycles. The first kappa shape index (κ1) is 16.6. The Labute approximate surface area is 150 Å². The molecule has 0 spiro atoms. The third-order valence-corrected chi connectivity index (χ3v) is 4.64. The lowest BCUT2D eigenvalue weighted by Crippen LogP contribution is -2.13. The van der Waals surface area contributed by atoms with Crippen molar-refractivity contribution in [3.63, 3.8) is 0 Å². The first-order chi connectivity index (χ1) is 11.7. The predicted octanol–water partition coefficient (Wildman–Crippen LogP) is 5.28. The highest BCUT2D eigenvalue weighted by Gasteiger charge is 2.10. The van der Waals surface area contributed by atoms with Gasteiger partial charge in [-0.1, -0.05) is 60.1 Å². The summed E-state index contributed by atoms with van der Waals surface area (Å²) in [6.07, 6.45) is 0. The Morgan fingerprint density at radius 2 is 1.71 bits per heavy atom. The van der Waals surface area contributed by atoms with Crippen LogP contribution < -0.4 is 5.32 Å². The Hall–Kier alpha value is -2.30. The number of hydrogen-bond donors (Lipinski definition) is 1. The van der Waals surface area contributed by atoms with Gasteiger partial charge in [-0.25, -0.2) is 4.98 Å². The van der Waals surface area contributed by atoms with Crippen LogP contribution in [-0.2, 0) is 5.75 Å². The van der Waals surface area contributed by atoms with Crippen molar-refractivity contribution in [2.75, 3.05) is 5.32 Å². The van der Waals surface area contributed by atoms with Crippen LogP contribution >= 0.6 is 23.4 Å². The molecule has 24 heavy (non-hydrogen) atoms. The lowest BCUT2D eigenvalue weighted by atomic mass is 10.2. The van der Waals surface area contributed by atoms with E-state index in [9.17, 15) is 4.79 Å². The fourth-order valence-electron chi connectivity index (χ4n) is 2.13. The summed E-state index contributed by atoms with van der Waals surface area (Å²) in [6, 6.07) is 22.7. The molecule has 0 bridgehead atoms. The number of anilines is 1. The average Bonchev–Trinajstić information content (AvgIpc) is 2.61. The zero-order chi connectivity index (χ0) is 16.8. The van der Waals surface area contributed by atoms with Crippen molar-refractivity contribution in [3.05, 3.63) is 88.9 Å². The number of nitrogens with one attached hydrogen (secondary N) is 1. The van der Waals surface area contributed by atoms with Crippen molar-refractivity contribution in [1.29, 1.82) is 0 Å². The van der Waals surface area contributed by atoms with E-state index < -0.39 is 0 Å². The zero-order valence-corrected chi connectivity index (χ0v) is 14.3. The summed E-state index contributed by atoms with van der Waals surface area (Å²) in [5.74, 6) is 1.08. The van der Waals surface area contributed by atoms with Crippen LogP contribution in [0.4, 0.5) is 5.82 Å². The number of thioether (sulfide) groups is 1. The van der Waals surface area contributed by atoms with Crippen LogP contribution in [0, 0.1) is 0 Å². The van der Waals surface area contributed by atoms with Gasteiger partial charge in [0.2, 0.25) is 0 Å². The molecule has 3 aromatic rings. The minimum Gasteiger partial charge on any atom is -0.306 e. The molecule has 3 rings (SSSR count). The van der Waals surface area contributed by atoms with Gasteiger partial charge in [0, 0.05) is 5.75 Å². The summed E-state index contributed by atoms with van der Waals surface area (Å²) >= 11 is 7.67.